The number of ether oxygens (including phenoxy) is 2. The first-order valence-corrected chi connectivity index (χ1v) is 7.21. The molecule has 108 valence electrons. The average Bonchev–Trinajstić information content (AvgIpc) is 2.72. The molecule has 1 aromatic rings. The Bertz CT molecular complexity index is 470. The van der Waals surface area contributed by atoms with E-state index in [2.05, 4.69) is 5.32 Å². The van der Waals surface area contributed by atoms with Crippen molar-refractivity contribution in [1.82, 2.24) is 0 Å². The molecule has 5 heteroatoms. The predicted octanol–water partition coefficient (Wildman–Crippen LogP) is 2.62. The summed E-state index contributed by atoms with van der Waals surface area (Å²) in [5.41, 5.74) is 1.94. The molecule has 2 aliphatic heterocycles. The lowest BCUT2D eigenvalue weighted by molar-refractivity contribution is 0.144. The number of hydrogen-bond donors (Lipinski definition) is 1. The van der Waals surface area contributed by atoms with E-state index in [0.717, 1.165) is 43.9 Å². The van der Waals surface area contributed by atoms with E-state index in [4.69, 9.17) is 9.47 Å². The number of cyclic esters (lactones) is 1. The second kappa shape index (κ2) is 6.13. The largest absolute Gasteiger partial charge is 0.447 e. The third-order valence-corrected chi connectivity index (χ3v) is 3.74. The minimum Gasteiger partial charge on any atom is -0.447 e. The van der Waals surface area contributed by atoms with Gasteiger partial charge in [0.1, 0.15) is 6.61 Å². The quantitative estimate of drug-likeness (QED) is 0.922. The molecular formula is C15H20N2O3. The number of nitrogens with one attached hydrogen (secondary N) is 1. The van der Waals surface area contributed by atoms with Crippen LogP contribution >= 0.6 is 0 Å². The molecule has 1 atom stereocenters. The first-order valence-electron chi connectivity index (χ1n) is 7.21. The molecule has 5 nitrogen and oxygen atoms in total. The summed E-state index contributed by atoms with van der Waals surface area (Å²) in [6, 6.07) is 8.40. The molecule has 1 amide bonds. The molecule has 0 aliphatic carbocycles. The van der Waals surface area contributed by atoms with Gasteiger partial charge < -0.3 is 14.8 Å². The van der Waals surface area contributed by atoms with Crippen LogP contribution in [0.5, 0.6) is 0 Å². The van der Waals surface area contributed by atoms with E-state index in [1.807, 2.05) is 24.3 Å². The van der Waals surface area contributed by atoms with Gasteiger partial charge >= 0.3 is 6.09 Å². The summed E-state index contributed by atoms with van der Waals surface area (Å²) in [7, 11) is 0. The summed E-state index contributed by atoms with van der Waals surface area (Å²) in [6.45, 7) is 2.77. The fourth-order valence-electron chi connectivity index (χ4n) is 2.68. The van der Waals surface area contributed by atoms with Crippen LogP contribution < -0.4 is 10.2 Å². The molecule has 2 fully saturated rings. The Morgan fingerprint density at radius 1 is 1.20 bits per heavy atom. The lowest BCUT2D eigenvalue weighted by atomic mass is 10.1. The number of carbonyl (C=O) groups excluding carboxylic acids is 1. The highest BCUT2D eigenvalue weighted by Gasteiger charge is 2.23. The number of hydrogen-bond acceptors (Lipinski definition) is 4. The van der Waals surface area contributed by atoms with Gasteiger partial charge in [0.2, 0.25) is 0 Å². The van der Waals surface area contributed by atoms with E-state index in [-0.39, 0.29) is 6.09 Å². The summed E-state index contributed by atoms with van der Waals surface area (Å²) in [6.07, 6.45) is 2.98. The molecule has 2 saturated heterocycles. The zero-order valence-corrected chi connectivity index (χ0v) is 11.5. The van der Waals surface area contributed by atoms with E-state index < -0.39 is 0 Å². The highest BCUT2D eigenvalue weighted by molar-refractivity contribution is 5.89. The van der Waals surface area contributed by atoms with Crippen molar-refractivity contribution in [2.24, 2.45) is 0 Å². The Morgan fingerprint density at radius 3 is 3.00 bits per heavy atom. The van der Waals surface area contributed by atoms with Gasteiger partial charge in [0.15, 0.2) is 0 Å². The van der Waals surface area contributed by atoms with Gasteiger partial charge in [-0.2, -0.15) is 0 Å². The number of benzene rings is 1. The van der Waals surface area contributed by atoms with E-state index in [9.17, 15) is 4.79 Å². The maximum absolute atomic E-state index is 11.6. The van der Waals surface area contributed by atoms with Crippen LogP contribution in [0.2, 0.25) is 0 Å². The summed E-state index contributed by atoms with van der Waals surface area (Å²) in [4.78, 5) is 13.3. The van der Waals surface area contributed by atoms with Gasteiger partial charge in [-0.1, -0.05) is 6.07 Å². The molecule has 2 heterocycles. The molecule has 0 bridgehead atoms. The summed E-state index contributed by atoms with van der Waals surface area (Å²) < 4.78 is 10.4. The molecule has 0 aromatic heterocycles. The van der Waals surface area contributed by atoms with Gasteiger partial charge in [-0.25, -0.2) is 4.79 Å². The minimum atomic E-state index is -0.259. The number of anilines is 2. The van der Waals surface area contributed by atoms with Gasteiger partial charge in [0.05, 0.1) is 6.54 Å². The van der Waals surface area contributed by atoms with Gasteiger partial charge in [-0.3, -0.25) is 4.90 Å². The number of amides is 1. The fourth-order valence-corrected chi connectivity index (χ4v) is 2.68. The second-order valence-corrected chi connectivity index (χ2v) is 5.20. The Morgan fingerprint density at radius 2 is 2.15 bits per heavy atom. The Kier molecular flexibility index (Phi) is 4.06. The van der Waals surface area contributed by atoms with E-state index in [1.165, 1.54) is 0 Å². The lowest BCUT2D eigenvalue weighted by Gasteiger charge is -2.19. The Balaban J connectivity index is 1.69. The topological polar surface area (TPSA) is 50.8 Å². The molecule has 0 spiro atoms. The molecule has 1 aromatic carbocycles. The first kappa shape index (κ1) is 13.2. The summed E-state index contributed by atoms with van der Waals surface area (Å²) >= 11 is 0. The molecule has 1 unspecified atom stereocenters. The van der Waals surface area contributed by atoms with Crippen LogP contribution in [0.4, 0.5) is 16.2 Å². The third-order valence-electron chi connectivity index (χ3n) is 3.74. The number of carbonyl (C=O) groups is 1. The third kappa shape index (κ3) is 3.04. The highest BCUT2D eigenvalue weighted by Crippen LogP contribution is 2.24. The van der Waals surface area contributed by atoms with Gasteiger partial charge in [-0.15, -0.1) is 0 Å². The zero-order valence-electron chi connectivity index (χ0n) is 11.5. The predicted molar refractivity (Wildman–Crippen MR) is 77.2 cm³/mol. The van der Waals surface area contributed by atoms with Crippen molar-refractivity contribution < 1.29 is 14.3 Å². The van der Waals surface area contributed by atoms with E-state index in [1.54, 1.807) is 4.90 Å². The van der Waals surface area contributed by atoms with E-state index >= 15 is 0 Å². The van der Waals surface area contributed by atoms with Crippen molar-refractivity contribution in [2.45, 2.75) is 25.3 Å². The number of rotatable bonds is 3. The smallest absolute Gasteiger partial charge is 0.414 e. The van der Waals surface area contributed by atoms with Crippen molar-refractivity contribution >= 4 is 17.5 Å². The van der Waals surface area contributed by atoms with E-state index in [0.29, 0.717) is 19.2 Å². The monoisotopic (exact) mass is 276 g/mol. The van der Waals surface area contributed by atoms with Crippen LogP contribution in [-0.4, -0.2) is 38.5 Å². The van der Waals surface area contributed by atoms with Crippen LogP contribution in [0.1, 0.15) is 19.3 Å². The second-order valence-electron chi connectivity index (χ2n) is 5.20. The van der Waals surface area contributed by atoms with Gasteiger partial charge in [0, 0.05) is 30.6 Å². The molecular weight excluding hydrogens is 256 g/mol. The first-order chi connectivity index (χ1) is 9.83. The molecule has 2 aliphatic rings. The zero-order chi connectivity index (χ0) is 13.8. The maximum atomic E-state index is 11.6. The Hall–Kier alpha value is -1.75. The van der Waals surface area contributed by atoms with Crippen molar-refractivity contribution in [3.05, 3.63) is 24.3 Å². The van der Waals surface area contributed by atoms with Crippen LogP contribution in [0.3, 0.4) is 0 Å². The standard InChI is InChI=1S/C15H20N2O3/c18-15-17(7-10-20-15)14-5-1-3-13(11-14)16-12-4-2-8-19-9-6-12/h1,3,5,11-12,16H,2,4,6-10H2. The van der Waals surface area contributed by atoms with Crippen LogP contribution in [0.15, 0.2) is 24.3 Å². The van der Waals surface area contributed by atoms with Gasteiger partial charge in [0.25, 0.3) is 0 Å². The van der Waals surface area contributed by atoms with Crippen LogP contribution in [0, 0.1) is 0 Å². The van der Waals surface area contributed by atoms with Crippen molar-refractivity contribution in [3.63, 3.8) is 0 Å². The SMILES string of the molecule is O=C1OCCN1c1cccc(NC2CCCOCC2)c1. The average molecular weight is 276 g/mol. The normalized spacial score (nSPS) is 23.3. The van der Waals surface area contributed by atoms with Gasteiger partial charge in [-0.05, 0) is 37.5 Å². The number of nitrogens with zero attached hydrogens (tertiary/aromatic N) is 1. The molecule has 0 saturated carbocycles. The van der Waals surface area contributed by atoms with Crippen molar-refractivity contribution in [2.75, 3.05) is 36.6 Å². The molecule has 3 rings (SSSR count). The summed E-state index contributed by atoms with van der Waals surface area (Å²) in [5.74, 6) is 0. The lowest BCUT2D eigenvalue weighted by Crippen LogP contribution is -2.24. The highest BCUT2D eigenvalue weighted by atomic mass is 16.6. The van der Waals surface area contributed by atoms with Crippen LogP contribution in [0.25, 0.3) is 0 Å². The fraction of sp³-hybridized carbons (Fsp3) is 0.533. The van der Waals surface area contributed by atoms with Crippen molar-refractivity contribution in [3.8, 4) is 0 Å². The minimum absolute atomic E-state index is 0.259. The maximum Gasteiger partial charge on any atom is 0.414 e. The molecule has 1 N–H and O–H groups in total. The molecule has 20 heavy (non-hydrogen) atoms. The molecule has 0 radical (unpaired) electrons. The summed E-state index contributed by atoms with van der Waals surface area (Å²) in [5, 5.41) is 3.54. The van der Waals surface area contributed by atoms with Crippen LogP contribution in [-0.2, 0) is 9.47 Å². The Labute approximate surface area is 118 Å². The van der Waals surface area contributed by atoms with Crippen molar-refractivity contribution in [1.29, 1.82) is 0 Å².